The number of hydrogen-bond donors (Lipinski definition) is 1. The van der Waals surface area contributed by atoms with Crippen molar-refractivity contribution >= 4 is 23.3 Å². The largest absolute Gasteiger partial charge is 0.465 e. The van der Waals surface area contributed by atoms with E-state index < -0.39 is 0 Å². The van der Waals surface area contributed by atoms with E-state index in [4.69, 9.17) is 17.0 Å². The van der Waals surface area contributed by atoms with Crippen LogP contribution in [-0.4, -0.2) is 38.7 Å². The first-order chi connectivity index (χ1) is 12.4. The summed E-state index contributed by atoms with van der Waals surface area (Å²) in [7, 11) is 2.04. The summed E-state index contributed by atoms with van der Waals surface area (Å²) in [5, 5.41) is 3.89. The molecule has 0 bridgehead atoms. The standard InChI is InChI=1S/C19H24N4O2S/c1-5-25-16(24)11-23-18(14-10-12(2)22(4)13(14)3)17(21-19(23)26)15-8-6-7-9-20-15/h6-10,17-18H,5,11H2,1-4H3,(H,21,26)/t17-,18-/m0/s1. The van der Waals surface area contributed by atoms with Gasteiger partial charge in [0.25, 0.3) is 0 Å². The van der Waals surface area contributed by atoms with Crippen LogP contribution in [0.15, 0.2) is 30.5 Å². The number of nitrogens with one attached hydrogen (secondary N) is 1. The van der Waals surface area contributed by atoms with Crippen molar-refractivity contribution in [2.45, 2.75) is 32.9 Å². The number of carbonyl (C=O) groups excluding carboxylic acids is 1. The summed E-state index contributed by atoms with van der Waals surface area (Å²) in [6, 6.07) is 7.73. The number of aryl methyl sites for hydroxylation is 1. The molecule has 0 aromatic carbocycles. The number of nitrogens with zero attached hydrogens (tertiary/aromatic N) is 3. The molecule has 1 N–H and O–H groups in total. The van der Waals surface area contributed by atoms with Gasteiger partial charge in [-0.05, 0) is 56.8 Å². The summed E-state index contributed by atoms with van der Waals surface area (Å²) in [6.07, 6.45) is 1.77. The number of hydrogen-bond acceptors (Lipinski definition) is 4. The van der Waals surface area contributed by atoms with Crippen molar-refractivity contribution in [1.29, 1.82) is 0 Å². The number of esters is 1. The van der Waals surface area contributed by atoms with E-state index in [1.807, 2.05) is 30.1 Å². The highest BCUT2D eigenvalue weighted by atomic mass is 32.1. The Balaban J connectivity index is 2.04. The Morgan fingerprint density at radius 2 is 2.15 bits per heavy atom. The van der Waals surface area contributed by atoms with E-state index in [0.29, 0.717) is 11.7 Å². The molecule has 0 unspecified atom stereocenters. The number of aromatic nitrogens is 2. The first-order valence-electron chi connectivity index (χ1n) is 8.70. The Hall–Kier alpha value is -2.41. The molecule has 3 heterocycles. The SMILES string of the molecule is CCOC(=O)CN1C(=S)N[C@@H](c2ccccn2)[C@@H]1c1cc(C)n(C)c1C. The molecule has 7 heteroatoms. The number of rotatable bonds is 5. The summed E-state index contributed by atoms with van der Waals surface area (Å²) < 4.78 is 7.30. The monoisotopic (exact) mass is 372 g/mol. The van der Waals surface area contributed by atoms with Crippen molar-refractivity contribution in [2.24, 2.45) is 7.05 Å². The summed E-state index contributed by atoms with van der Waals surface area (Å²) in [6.45, 7) is 6.42. The van der Waals surface area contributed by atoms with E-state index >= 15 is 0 Å². The zero-order valence-corrected chi connectivity index (χ0v) is 16.3. The zero-order valence-electron chi connectivity index (χ0n) is 15.5. The van der Waals surface area contributed by atoms with Crippen LogP contribution in [0.2, 0.25) is 0 Å². The highest BCUT2D eigenvalue weighted by molar-refractivity contribution is 7.80. The quantitative estimate of drug-likeness (QED) is 0.643. The van der Waals surface area contributed by atoms with Crippen molar-refractivity contribution in [1.82, 2.24) is 19.8 Å². The second kappa shape index (κ2) is 7.45. The highest BCUT2D eigenvalue weighted by Crippen LogP contribution is 2.40. The number of carbonyl (C=O) groups is 1. The van der Waals surface area contributed by atoms with Gasteiger partial charge in [0.05, 0.1) is 24.4 Å². The lowest BCUT2D eigenvalue weighted by Crippen LogP contribution is -2.35. The number of ether oxygens (including phenoxy) is 1. The maximum Gasteiger partial charge on any atom is 0.325 e. The van der Waals surface area contributed by atoms with Crippen LogP contribution in [0.25, 0.3) is 0 Å². The van der Waals surface area contributed by atoms with Crippen LogP contribution in [0.5, 0.6) is 0 Å². The zero-order chi connectivity index (χ0) is 18.8. The minimum Gasteiger partial charge on any atom is -0.465 e. The molecule has 0 saturated carbocycles. The van der Waals surface area contributed by atoms with Crippen LogP contribution in [0.1, 0.15) is 41.7 Å². The third-order valence-corrected chi connectivity index (χ3v) is 5.29. The number of pyridine rings is 1. The average Bonchev–Trinajstić information content (AvgIpc) is 3.07. The summed E-state index contributed by atoms with van der Waals surface area (Å²) >= 11 is 5.55. The smallest absolute Gasteiger partial charge is 0.325 e. The molecular formula is C19H24N4O2S. The Morgan fingerprint density at radius 3 is 2.73 bits per heavy atom. The van der Waals surface area contributed by atoms with E-state index in [0.717, 1.165) is 22.6 Å². The molecule has 0 spiro atoms. The molecule has 3 rings (SSSR count). The molecule has 2 aromatic heterocycles. The van der Waals surface area contributed by atoms with Gasteiger partial charge in [-0.1, -0.05) is 6.07 Å². The van der Waals surface area contributed by atoms with Crippen LogP contribution >= 0.6 is 12.2 Å². The van der Waals surface area contributed by atoms with E-state index in [-0.39, 0.29) is 24.6 Å². The highest BCUT2D eigenvalue weighted by Gasteiger charge is 2.42. The van der Waals surface area contributed by atoms with Gasteiger partial charge in [-0.15, -0.1) is 0 Å². The minimum atomic E-state index is -0.284. The van der Waals surface area contributed by atoms with Crippen molar-refractivity contribution < 1.29 is 9.53 Å². The average molecular weight is 372 g/mol. The maximum atomic E-state index is 12.1. The minimum absolute atomic E-state index is 0.112. The normalized spacial score (nSPS) is 19.5. The van der Waals surface area contributed by atoms with Crippen molar-refractivity contribution in [3.05, 3.63) is 53.1 Å². The molecule has 0 radical (unpaired) electrons. The first-order valence-corrected chi connectivity index (χ1v) is 9.11. The molecule has 138 valence electrons. The molecule has 26 heavy (non-hydrogen) atoms. The lowest BCUT2D eigenvalue weighted by molar-refractivity contribution is -0.143. The van der Waals surface area contributed by atoms with E-state index in [2.05, 4.69) is 34.8 Å². The molecule has 2 aromatic rings. The van der Waals surface area contributed by atoms with Gasteiger partial charge in [-0.3, -0.25) is 9.78 Å². The summed E-state index contributed by atoms with van der Waals surface area (Å²) in [5.74, 6) is -0.284. The topological polar surface area (TPSA) is 59.4 Å². The van der Waals surface area contributed by atoms with Gasteiger partial charge in [0.1, 0.15) is 6.54 Å². The van der Waals surface area contributed by atoms with Crippen molar-refractivity contribution in [3.63, 3.8) is 0 Å². The second-order valence-corrected chi connectivity index (χ2v) is 6.83. The summed E-state index contributed by atoms with van der Waals surface area (Å²) in [4.78, 5) is 18.6. The predicted molar refractivity (Wildman–Crippen MR) is 104 cm³/mol. The van der Waals surface area contributed by atoms with E-state index in [1.54, 1.807) is 13.1 Å². The van der Waals surface area contributed by atoms with Crippen LogP contribution in [0.4, 0.5) is 0 Å². The third kappa shape index (κ3) is 3.31. The summed E-state index contributed by atoms with van der Waals surface area (Å²) in [5.41, 5.74) is 4.34. The molecule has 0 aliphatic carbocycles. The van der Waals surface area contributed by atoms with Crippen LogP contribution < -0.4 is 5.32 Å². The lowest BCUT2D eigenvalue weighted by Gasteiger charge is -2.27. The van der Waals surface area contributed by atoms with Gasteiger partial charge >= 0.3 is 5.97 Å². The number of thiocarbonyl (C=S) groups is 1. The second-order valence-electron chi connectivity index (χ2n) is 6.45. The van der Waals surface area contributed by atoms with Gasteiger partial charge in [-0.25, -0.2) is 0 Å². The molecule has 1 fully saturated rings. The fourth-order valence-electron chi connectivity index (χ4n) is 3.44. The Labute approximate surface area is 159 Å². The molecular weight excluding hydrogens is 348 g/mol. The van der Waals surface area contributed by atoms with Gasteiger partial charge in [-0.2, -0.15) is 0 Å². The Kier molecular flexibility index (Phi) is 5.27. The van der Waals surface area contributed by atoms with E-state index in [1.165, 1.54) is 0 Å². The van der Waals surface area contributed by atoms with Crippen molar-refractivity contribution in [2.75, 3.05) is 13.2 Å². The van der Waals surface area contributed by atoms with Gasteiger partial charge in [0.2, 0.25) is 0 Å². The molecule has 1 saturated heterocycles. The van der Waals surface area contributed by atoms with Crippen LogP contribution in [-0.2, 0) is 16.6 Å². The first kappa shape index (κ1) is 18.4. The molecule has 6 nitrogen and oxygen atoms in total. The fraction of sp³-hybridized carbons (Fsp3) is 0.421. The fourth-order valence-corrected chi connectivity index (χ4v) is 3.75. The van der Waals surface area contributed by atoms with Crippen LogP contribution in [0, 0.1) is 13.8 Å². The Morgan fingerprint density at radius 1 is 1.38 bits per heavy atom. The Bertz CT molecular complexity index is 818. The van der Waals surface area contributed by atoms with E-state index in [9.17, 15) is 4.79 Å². The molecule has 0 amide bonds. The van der Waals surface area contributed by atoms with Crippen LogP contribution in [0.3, 0.4) is 0 Å². The van der Waals surface area contributed by atoms with Gasteiger partial charge < -0.3 is 19.5 Å². The van der Waals surface area contributed by atoms with Gasteiger partial charge in [0, 0.05) is 24.6 Å². The van der Waals surface area contributed by atoms with Crippen molar-refractivity contribution in [3.8, 4) is 0 Å². The third-order valence-electron chi connectivity index (χ3n) is 4.94. The molecule has 2 atom stereocenters. The maximum absolute atomic E-state index is 12.1. The predicted octanol–water partition coefficient (Wildman–Crippen LogP) is 2.57. The molecule has 1 aliphatic heterocycles. The molecule has 1 aliphatic rings. The van der Waals surface area contributed by atoms with Gasteiger partial charge in [0.15, 0.2) is 5.11 Å². The lowest BCUT2D eigenvalue weighted by atomic mass is 9.97.